The molecule has 20 heavy (non-hydrogen) atoms. The number of nitrogens with zero attached hydrogens (tertiary/aromatic N) is 1. The van der Waals surface area contributed by atoms with E-state index in [4.69, 9.17) is 4.74 Å². The third kappa shape index (κ3) is 7.10. The molecule has 0 bridgehead atoms. The van der Waals surface area contributed by atoms with Crippen molar-refractivity contribution in [3.05, 3.63) is 0 Å². The fourth-order valence-electron chi connectivity index (χ4n) is 1.97. The van der Waals surface area contributed by atoms with Gasteiger partial charge in [-0.25, -0.2) is 0 Å². The number of hydrogen-bond donors (Lipinski definition) is 3. The second-order valence-corrected chi connectivity index (χ2v) is 5.99. The predicted molar refractivity (Wildman–Crippen MR) is 83.1 cm³/mol. The Balaban J connectivity index is 2.16. The zero-order valence-corrected chi connectivity index (χ0v) is 13.2. The Bertz CT molecular complexity index is 289. The normalized spacial score (nSPS) is 17.9. The lowest BCUT2D eigenvalue weighted by Crippen LogP contribution is -2.43. The highest BCUT2D eigenvalue weighted by Gasteiger charge is 2.34. The number of ether oxygens (including phenoxy) is 1. The van der Waals surface area contributed by atoms with Crippen molar-refractivity contribution < 1.29 is 9.84 Å². The molecule has 3 N–H and O–H groups in total. The van der Waals surface area contributed by atoms with Crippen LogP contribution in [0.4, 0.5) is 0 Å². The quantitative estimate of drug-likeness (QED) is 0.341. The van der Waals surface area contributed by atoms with E-state index in [1.54, 1.807) is 0 Å². The first-order valence-electron chi connectivity index (χ1n) is 7.88. The molecule has 0 aliphatic heterocycles. The van der Waals surface area contributed by atoms with Gasteiger partial charge in [-0.1, -0.05) is 13.8 Å². The van der Waals surface area contributed by atoms with Crippen molar-refractivity contribution in [3.8, 4) is 0 Å². The van der Waals surface area contributed by atoms with E-state index in [9.17, 15) is 5.11 Å². The number of aliphatic imine (C=N–C) groups is 1. The largest absolute Gasteiger partial charge is 0.388 e. The molecule has 1 rings (SSSR count). The Morgan fingerprint density at radius 1 is 1.30 bits per heavy atom. The molecular formula is C15H31N3O2. The summed E-state index contributed by atoms with van der Waals surface area (Å²) < 4.78 is 5.56. The van der Waals surface area contributed by atoms with Crippen LogP contribution in [-0.2, 0) is 4.74 Å². The van der Waals surface area contributed by atoms with Crippen LogP contribution < -0.4 is 10.6 Å². The zero-order chi connectivity index (χ0) is 14.8. The van der Waals surface area contributed by atoms with Gasteiger partial charge in [0.15, 0.2) is 5.96 Å². The molecule has 0 amide bonds. The van der Waals surface area contributed by atoms with Crippen LogP contribution in [0.25, 0.3) is 0 Å². The molecule has 0 atom stereocenters. The van der Waals surface area contributed by atoms with Gasteiger partial charge in [-0.3, -0.25) is 4.99 Å². The van der Waals surface area contributed by atoms with E-state index in [-0.39, 0.29) is 0 Å². The van der Waals surface area contributed by atoms with E-state index in [0.717, 1.165) is 51.3 Å². The summed E-state index contributed by atoms with van der Waals surface area (Å²) in [6, 6.07) is 0. The highest BCUT2D eigenvalue weighted by atomic mass is 16.5. The van der Waals surface area contributed by atoms with Crippen molar-refractivity contribution in [1.82, 2.24) is 10.6 Å². The third-order valence-electron chi connectivity index (χ3n) is 3.54. The molecule has 118 valence electrons. The Morgan fingerprint density at radius 3 is 2.60 bits per heavy atom. The molecule has 1 fully saturated rings. The molecule has 0 unspecified atom stereocenters. The van der Waals surface area contributed by atoms with E-state index in [2.05, 4.69) is 29.5 Å². The third-order valence-corrected chi connectivity index (χ3v) is 3.54. The Morgan fingerprint density at radius 2 is 2.05 bits per heavy atom. The van der Waals surface area contributed by atoms with Crippen molar-refractivity contribution in [2.24, 2.45) is 10.9 Å². The second kappa shape index (κ2) is 9.19. The van der Waals surface area contributed by atoms with E-state index >= 15 is 0 Å². The molecule has 0 spiro atoms. The molecule has 0 radical (unpaired) electrons. The first-order valence-corrected chi connectivity index (χ1v) is 7.88. The van der Waals surface area contributed by atoms with Gasteiger partial charge in [0.25, 0.3) is 0 Å². The van der Waals surface area contributed by atoms with Crippen LogP contribution in [0.1, 0.15) is 46.5 Å². The van der Waals surface area contributed by atoms with Gasteiger partial charge in [0.2, 0.25) is 0 Å². The fourth-order valence-corrected chi connectivity index (χ4v) is 1.97. The van der Waals surface area contributed by atoms with Crippen molar-refractivity contribution in [2.45, 2.75) is 52.1 Å². The van der Waals surface area contributed by atoms with Gasteiger partial charge in [-0.2, -0.15) is 0 Å². The molecule has 0 aromatic carbocycles. The van der Waals surface area contributed by atoms with Crippen molar-refractivity contribution in [3.63, 3.8) is 0 Å². The summed E-state index contributed by atoms with van der Waals surface area (Å²) in [6.45, 7) is 9.96. The smallest absolute Gasteiger partial charge is 0.191 e. The van der Waals surface area contributed by atoms with E-state index in [1.165, 1.54) is 0 Å². The van der Waals surface area contributed by atoms with Crippen LogP contribution in [-0.4, -0.2) is 49.5 Å². The van der Waals surface area contributed by atoms with Gasteiger partial charge >= 0.3 is 0 Å². The number of aliphatic hydroxyl groups is 1. The molecule has 0 aromatic heterocycles. The fraction of sp³-hybridized carbons (Fsp3) is 0.933. The Kier molecular flexibility index (Phi) is 7.92. The zero-order valence-electron chi connectivity index (χ0n) is 13.2. The standard InChI is InChI=1S/C15H31N3O2/c1-4-16-14(18-12-15(19)7-5-8-15)17-9-11-20-10-6-13(2)3/h13,19H,4-12H2,1-3H3,(H2,16,17,18). The molecule has 5 heteroatoms. The molecule has 1 aliphatic rings. The minimum absolute atomic E-state index is 0.483. The van der Waals surface area contributed by atoms with Crippen LogP contribution in [0.3, 0.4) is 0 Å². The maximum Gasteiger partial charge on any atom is 0.191 e. The van der Waals surface area contributed by atoms with E-state index in [0.29, 0.717) is 19.1 Å². The number of guanidine groups is 1. The molecular weight excluding hydrogens is 254 g/mol. The minimum atomic E-state index is -0.559. The lowest BCUT2D eigenvalue weighted by molar-refractivity contribution is -0.0236. The summed E-state index contributed by atoms with van der Waals surface area (Å²) in [5.74, 6) is 1.45. The number of rotatable bonds is 9. The summed E-state index contributed by atoms with van der Waals surface area (Å²) in [6.07, 6.45) is 3.95. The topological polar surface area (TPSA) is 65.9 Å². The molecule has 1 saturated carbocycles. The average Bonchev–Trinajstić information content (AvgIpc) is 2.37. The van der Waals surface area contributed by atoms with Crippen LogP contribution in [0, 0.1) is 5.92 Å². The Labute approximate surface area is 123 Å². The summed E-state index contributed by atoms with van der Waals surface area (Å²) in [4.78, 5) is 4.44. The molecule has 1 aliphatic carbocycles. The van der Waals surface area contributed by atoms with E-state index < -0.39 is 5.60 Å². The van der Waals surface area contributed by atoms with Gasteiger partial charge in [0.05, 0.1) is 18.8 Å². The van der Waals surface area contributed by atoms with Gasteiger partial charge in [0.1, 0.15) is 0 Å². The van der Waals surface area contributed by atoms with Crippen molar-refractivity contribution in [1.29, 1.82) is 0 Å². The SMILES string of the molecule is CCNC(=NCC1(O)CCC1)NCCOCCC(C)C. The average molecular weight is 285 g/mol. The number of hydrogen-bond acceptors (Lipinski definition) is 3. The minimum Gasteiger partial charge on any atom is -0.388 e. The van der Waals surface area contributed by atoms with Gasteiger partial charge in [0, 0.05) is 19.7 Å². The summed E-state index contributed by atoms with van der Waals surface area (Å²) in [5, 5.41) is 16.5. The first kappa shape index (κ1) is 17.2. The summed E-state index contributed by atoms with van der Waals surface area (Å²) in [5.41, 5.74) is -0.559. The lowest BCUT2D eigenvalue weighted by Gasteiger charge is -2.35. The maximum absolute atomic E-state index is 10.0. The first-order chi connectivity index (χ1) is 9.56. The van der Waals surface area contributed by atoms with Crippen molar-refractivity contribution >= 4 is 5.96 Å². The van der Waals surface area contributed by atoms with Crippen LogP contribution in [0.15, 0.2) is 4.99 Å². The van der Waals surface area contributed by atoms with Crippen LogP contribution in [0.2, 0.25) is 0 Å². The van der Waals surface area contributed by atoms with Gasteiger partial charge < -0.3 is 20.5 Å². The molecule has 0 saturated heterocycles. The van der Waals surface area contributed by atoms with Gasteiger partial charge in [-0.15, -0.1) is 0 Å². The lowest BCUT2D eigenvalue weighted by atomic mass is 9.80. The van der Waals surface area contributed by atoms with Crippen LogP contribution in [0.5, 0.6) is 0 Å². The molecule has 5 nitrogen and oxygen atoms in total. The van der Waals surface area contributed by atoms with Gasteiger partial charge in [-0.05, 0) is 38.5 Å². The number of nitrogens with one attached hydrogen (secondary N) is 2. The summed E-state index contributed by atoms with van der Waals surface area (Å²) >= 11 is 0. The predicted octanol–water partition coefficient (Wildman–Crippen LogP) is 1.52. The summed E-state index contributed by atoms with van der Waals surface area (Å²) in [7, 11) is 0. The molecule has 0 heterocycles. The highest BCUT2D eigenvalue weighted by Crippen LogP contribution is 2.31. The second-order valence-electron chi connectivity index (χ2n) is 5.99. The van der Waals surface area contributed by atoms with Crippen LogP contribution >= 0.6 is 0 Å². The van der Waals surface area contributed by atoms with E-state index in [1.807, 2.05) is 6.92 Å². The Hall–Kier alpha value is -0.810. The monoisotopic (exact) mass is 285 g/mol. The highest BCUT2D eigenvalue weighted by molar-refractivity contribution is 5.79. The maximum atomic E-state index is 10.0. The molecule has 0 aromatic rings. The van der Waals surface area contributed by atoms with Crippen molar-refractivity contribution in [2.75, 3.05) is 32.8 Å².